The molecule has 2 aliphatic rings. The normalized spacial score (nSPS) is 26.3. The minimum absolute atomic E-state index is 0.0920. The number of hydrogen-bond acceptors (Lipinski definition) is 3. The number of fused-ring (bicyclic) bond motifs is 1. The number of piperidine rings is 1. The average molecular weight is 290 g/mol. The third-order valence-electron chi connectivity index (χ3n) is 4.94. The summed E-state index contributed by atoms with van der Waals surface area (Å²) < 4.78 is 2.22. The fourth-order valence-corrected chi connectivity index (χ4v) is 3.62. The first kappa shape index (κ1) is 14.6. The van der Waals surface area contributed by atoms with Crippen LogP contribution in [0.5, 0.6) is 0 Å². The number of likely N-dealkylation sites (tertiary alicyclic amines) is 1. The highest BCUT2D eigenvalue weighted by Gasteiger charge is 2.28. The second-order valence-electron chi connectivity index (χ2n) is 6.28. The van der Waals surface area contributed by atoms with Crippen LogP contribution in [0.1, 0.15) is 38.4 Å². The molecule has 0 aliphatic carbocycles. The van der Waals surface area contributed by atoms with Gasteiger partial charge in [-0.1, -0.05) is 13.3 Å². The van der Waals surface area contributed by atoms with Crippen molar-refractivity contribution in [3.8, 4) is 0 Å². The van der Waals surface area contributed by atoms with Crippen LogP contribution in [-0.4, -0.2) is 46.0 Å². The van der Waals surface area contributed by atoms with Crippen LogP contribution >= 0.6 is 0 Å². The van der Waals surface area contributed by atoms with Crippen LogP contribution in [0.4, 0.5) is 0 Å². The van der Waals surface area contributed by atoms with E-state index in [1.165, 1.54) is 12.8 Å². The summed E-state index contributed by atoms with van der Waals surface area (Å²) in [6.07, 6.45) is 9.44. The lowest BCUT2D eigenvalue weighted by Gasteiger charge is -2.34. The first-order valence-corrected chi connectivity index (χ1v) is 8.29. The summed E-state index contributed by atoms with van der Waals surface area (Å²) in [4.78, 5) is 19.1. The van der Waals surface area contributed by atoms with Crippen LogP contribution < -0.4 is 5.32 Å². The highest BCUT2D eigenvalue weighted by atomic mass is 16.2. The number of likely N-dealkylation sites (N-methyl/N-ethyl adjacent to an activating group) is 1. The Balaban J connectivity index is 1.50. The molecule has 0 aromatic carbocycles. The first-order valence-electron chi connectivity index (χ1n) is 8.29. The van der Waals surface area contributed by atoms with Crippen molar-refractivity contribution in [3.63, 3.8) is 0 Å². The first-order chi connectivity index (χ1) is 10.3. The summed E-state index contributed by atoms with van der Waals surface area (Å²) in [6.45, 7) is 6.00. The molecule has 5 heteroatoms. The third kappa shape index (κ3) is 3.28. The number of rotatable bonds is 4. The van der Waals surface area contributed by atoms with Crippen LogP contribution in [0.25, 0.3) is 0 Å². The van der Waals surface area contributed by atoms with E-state index in [0.29, 0.717) is 5.92 Å². The summed E-state index contributed by atoms with van der Waals surface area (Å²) in [6, 6.07) is 0.0920. The van der Waals surface area contributed by atoms with Crippen molar-refractivity contribution >= 4 is 5.91 Å². The minimum atomic E-state index is 0.0920. The summed E-state index contributed by atoms with van der Waals surface area (Å²) in [5, 5.41) is 3.19. The predicted molar refractivity (Wildman–Crippen MR) is 81.9 cm³/mol. The van der Waals surface area contributed by atoms with Gasteiger partial charge in [-0.3, -0.25) is 9.69 Å². The van der Waals surface area contributed by atoms with Crippen LogP contribution in [0.15, 0.2) is 12.4 Å². The molecular formula is C16H26N4O. The minimum Gasteiger partial charge on any atom is -0.354 e. The Morgan fingerprint density at radius 1 is 1.38 bits per heavy atom. The molecule has 1 aromatic rings. The Morgan fingerprint density at radius 3 is 3.14 bits per heavy atom. The lowest BCUT2D eigenvalue weighted by Crippen LogP contribution is -2.50. The Labute approximate surface area is 126 Å². The quantitative estimate of drug-likeness (QED) is 0.913. The van der Waals surface area contributed by atoms with Gasteiger partial charge in [-0.2, -0.15) is 0 Å². The van der Waals surface area contributed by atoms with E-state index in [4.69, 9.17) is 0 Å². The molecule has 0 spiro atoms. The maximum Gasteiger partial charge on any atom is 0.237 e. The molecule has 3 heterocycles. The maximum absolute atomic E-state index is 12.4. The second kappa shape index (κ2) is 6.60. The van der Waals surface area contributed by atoms with E-state index in [9.17, 15) is 4.79 Å². The molecule has 3 rings (SSSR count). The van der Waals surface area contributed by atoms with Crippen molar-refractivity contribution in [3.05, 3.63) is 18.2 Å². The number of aryl methyl sites for hydroxylation is 1. The summed E-state index contributed by atoms with van der Waals surface area (Å²) in [5.74, 6) is 1.92. The molecule has 1 fully saturated rings. The van der Waals surface area contributed by atoms with Gasteiger partial charge in [0, 0.05) is 31.9 Å². The van der Waals surface area contributed by atoms with E-state index in [-0.39, 0.29) is 11.9 Å². The predicted octanol–water partition coefficient (Wildman–Crippen LogP) is 1.44. The average Bonchev–Trinajstić information content (AvgIpc) is 3.00. The molecule has 5 nitrogen and oxygen atoms in total. The van der Waals surface area contributed by atoms with Crippen LogP contribution in [0.3, 0.4) is 0 Å². The molecule has 1 amide bonds. The van der Waals surface area contributed by atoms with Gasteiger partial charge < -0.3 is 9.88 Å². The van der Waals surface area contributed by atoms with Gasteiger partial charge in [-0.05, 0) is 38.3 Å². The standard InChI is InChI=1S/C16H26N4O/c1-2-19-8-4-3-5-14(19)16(21)18-12-13-6-9-20-10-7-17-15(20)11-13/h7,10,13-14H,2-6,8-9,11-12H2,1H3,(H,18,21)/t13-,14-/m1/s1. The van der Waals surface area contributed by atoms with Crippen molar-refractivity contribution in [2.24, 2.45) is 5.92 Å². The lowest BCUT2D eigenvalue weighted by atomic mass is 9.97. The van der Waals surface area contributed by atoms with E-state index >= 15 is 0 Å². The molecule has 21 heavy (non-hydrogen) atoms. The SMILES string of the molecule is CCN1CCCC[C@@H]1C(=O)NC[C@@H]1CCn2ccnc2C1. The zero-order chi connectivity index (χ0) is 14.7. The van der Waals surface area contributed by atoms with Crippen LogP contribution in [0.2, 0.25) is 0 Å². The summed E-state index contributed by atoms with van der Waals surface area (Å²) in [7, 11) is 0. The van der Waals surface area contributed by atoms with Crippen molar-refractivity contribution < 1.29 is 4.79 Å². The molecule has 1 N–H and O–H groups in total. The van der Waals surface area contributed by atoms with Crippen LogP contribution in [0, 0.1) is 5.92 Å². The van der Waals surface area contributed by atoms with Gasteiger partial charge >= 0.3 is 0 Å². The number of hydrogen-bond donors (Lipinski definition) is 1. The monoisotopic (exact) mass is 290 g/mol. The van der Waals surface area contributed by atoms with E-state index in [1.54, 1.807) is 0 Å². The number of imidazole rings is 1. The second-order valence-corrected chi connectivity index (χ2v) is 6.28. The van der Waals surface area contributed by atoms with Gasteiger partial charge in [0.15, 0.2) is 0 Å². The summed E-state index contributed by atoms with van der Waals surface area (Å²) >= 11 is 0. The van der Waals surface area contributed by atoms with E-state index in [0.717, 1.165) is 51.3 Å². The smallest absolute Gasteiger partial charge is 0.237 e. The molecule has 0 bridgehead atoms. The molecule has 0 radical (unpaired) electrons. The number of carbonyl (C=O) groups excluding carboxylic acids is 1. The Morgan fingerprint density at radius 2 is 2.29 bits per heavy atom. The van der Waals surface area contributed by atoms with E-state index < -0.39 is 0 Å². The number of carbonyl (C=O) groups is 1. The lowest BCUT2D eigenvalue weighted by molar-refractivity contribution is -0.127. The molecule has 0 unspecified atom stereocenters. The number of amides is 1. The number of nitrogens with zero attached hydrogens (tertiary/aromatic N) is 3. The van der Waals surface area contributed by atoms with Crippen molar-refractivity contribution in [1.29, 1.82) is 0 Å². The van der Waals surface area contributed by atoms with E-state index in [1.807, 2.05) is 12.4 Å². The Bertz CT molecular complexity index is 484. The Kier molecular flexibility index (Phi) is 4.58. The topological polar surface area (TPSA) is 50.2 Å². The van der Waals surface area contributed by atoms with Gasteiger partial charge in [-0.15, -0.1) is 0 Å². The molecule has 2 aliphatic heterocycles. The van der Waals surface area contributed by atoms with Crippen molar-refractivity contribution in [2.45, 2.75) is 51.6 Å². The summed E-state index contributed by atoms with van der Waals surface area (Å²) in [5.41, 5.74) is 0. The van der Waals surface area contributed by atoms with Gasteiger partial charge in [0.2, 0.25) is 5.91 Å². The van der Waals surface area contributed by atoms with Crippen molar-refractivity contribution in [1.82, 2.24) is 19.8 Å². The largest absolute Gasteiger partial charge is 0.354 e. The van der Waals surface area contributed by atoms with Gasteiger partial charge in [-0.25, -0.2) is 4.98 Å². The van der Waals surface area contributed by atoms with Gasteiger partial charge in [0.05, 0.1) is 6.04 Å². The third-order valence-corrected chi connectivity index (χ3v) is 4.94. The fraction of sp³-hybridized carbons (Fsp3) is 0.750. The maximum atomic E-state index is 12.4. The zero-order valence-corrected chi connectivity index (χ0v) is 12.9. The molecule has 2 atom stereocenters. The molecule has 1 aromatic heterocycles. The van der Waals surface area contributed by atoms with Gasteiger partial charge in [0.1, 0.15) is 5.82 Å². The van der Waals surface area contributed by atoms with E-state index in [2.05, 4.69) is 26.7 Å². The number of aromatic nitrogens is 2. The fourth-order valence-electron chi connectivity index (χ4n) is 3.62. The zero-order valence-electron chi connectivity index (χ0n) is 12.9. The molecule has 116 valence electrons. The van der Waals surface area contributed by atoms with Gasteiger partial charge in [0.25, 0.3) is 0 Å². The molecule has 1 saturated heterocycles. The highest BCUT2D eigenvalue weighted by Crippen LogP contribution is 2.19. The molecular weight excluding hydrogens is 264 g/mol. The highest BCUT2D eigenvalue weighted by molar-refractivity contribution is 5.81. The Hall–Kier alpha value is -1.36. The van der Waals surface area contributed by atoms with Crippen LogP contribution in [-0.2, 0) is 17.8 Å². The number of nitrogens with one attached hydrogen (secondary N) is 1. The van der Waals surface area contributed by atoms with Crippen molar-refractivity contribution in [2.75, 3.05) is 19.6 Å². The molecule has 0 saturated carbocycles.